The molecule has 7 heteroatoms. The van der Waals surface area contributed by atoms with Crippen molar-refractivity contribution in [2.45, 2.75) is 6.92 Å². The van der Waals surface area contributed by atoms with Crippen molar-refractivity contribution >= 4 is 17.7 Å². The fourth-order valence-corrected chi connectivity index (χ4v) is 1.32. The molecule has 0 atom stereocenters. The zero-order chi connectivity index (χ0) is 14.3. The molecule has 0 unspecified atom stereocenters. The maximum absolute atomic E-state index is 11.7. The van der Waals surface area contributed by atoms with Gasteiger partial charge in [-0.15, -0.1) is 0 Å². The molecule has 7 nitrogen and oxygen atoms in total. The minimum atomic E-state index is -1.00. The lowest BCUT2D eigenvalue weighted by atomic mass is 10.1. The van der Waals surface area contributed by atoms with Crippen LogP contribution in [0.5, 0.6) is 0 Å². The van der Waals surface area contributed by atoms with Gasteiger partial charge in [-0.05, 0) is 18.6 Å². The Morgan fingerprint density at radius 3 is 2.42 bits per heavy atom. The minimum Gasteiger partial charge on any atom is -0.395 e. The first-order valence-corrected chi connectivity index (χ1v) is 5.61. The monoisotopic (exact) mass is 265 g/mol. The van der Waals surface area contributed by atoms with E-state index in [1.807, 2.05) is 5.43 Å². The summed E-state index contributed by atoms with van der Waals surface area (Å²) in [5.74, 6) is -2.45. The second-order valence-corrected chi connectivity index (χ2v) is 3.70. The number of hydrogen-bond acceptors (Lipinski definition) is 4. The highest BCUT2D eigenvalue weighted by Gasteiger charge is 2.14. The van der Waals surface area contributed by atoms with E-state index >= 15 is 0 Å². The number of aryl methyl sites for hydroxylation is 1. The number of amides is 3. The molecule has 0 aliphatic carbocycles. The number of aliphatic hydroxyl groups excluding tert-OH is 1. The fraction of sp³-hybridized carbons (Fsp3) is 0.250. The zero-order valence-electron chi connectivity index (χ0n) is 10.4. The van der Waals surface area contributed by atoms with E-state index in [1.54, 1.807) is 31.2 Å². The van der Waals surface area contributed by atoms with Crippen LogP contribution in [0, 0.1) is 6.92 Å². The summed E-state index contributed by atoms with van der Waals surface area (Å²) < 4.78 is 0. The van der Waals surface area contributed by atoms with Crippen LogP contribution >= 0.6 is 0 Å². The first-order chi connectivity index (χ1) is 9.06. The predicted octanol–water partition coefficient (Wildman–Crippen LogP) is -1.14. The minimum absolute atomic E-state index is 0.0298. The lowest BCUT2D eigenvalue weighted by molar-refractivity contribution is -0.139. The first-order valence-electron chi connectivity index (χ1n) is 5.61. The van der Waals surface area contributed by atoms with Crippen LogP contribution in [0.4, 0.5) is 0 Å². The molecule has 0 heterocycles. The number of carbonyl (C=O) groups excluding carboxylic acids is 3. The average molecular weight is 265 g/mol. The molecular weight excluding hydrogens is 250 g/mol. The van der Waals surface area contributed by atoms with Gasteiger partial charge in [0.15, 0.2) is 0 Å². The van der Waals surface area contributed by atoms with Gasteiger partial charge in [-0.1, -0.05) is 18.2 Å². The van der Waals surface area contributed by atoms with E-state index in [0.717, 1.165) is 5.56 Å². The van der Waals surface area contributed by atoms with Gasteiger partial charge in [0.05, 0.1) is 6.61 Å². The normalized spacial score (nSPS) is 9.58. The topological polar surface area (TPSA) is 108 Å². The van der Waals surface area contributed by atoms with E-state index in [9.17, 15) is 14.4 Å². The second-order valence-electron chi connectivity index (χ2n) is 3.70. The largest absolute Gasteiger partial charge is 0.395 e. The van der Waals surface area contributed by atoms with Crippen LogP contribution in [0.3, 0.4) is 0 Å². The van der Waals surface area contributed by atoms with Crippen molar-refractivity contribution in [3.8, 4) is 0 Å². The number of carbonyl (C=O) groups is 3. The second kappa shape index (κ2) is 7.12. The van der Waals surface area contributed by atoms with Crippen molar-refractivity contribution in [2.75, 3.05) is 13.2 Å². The quantitative estimate of drug-likeness (QED) is 0.409. The van der Waals surface area contributed by atoms with Crippen LogP contribution in [-0.4, -0.2) is 36.0 Å². The molecule has 0 bridgehead atoms. The van der Waals surface area contributed by atoms with Crippen molar-refractivity contribution in [3.63, 3.8) is 0 Å². The smallest absolute Gasteiger partial charge is 0.327 e. The number of aliphatic hydroxyl groups is 1. The van der Waals surface area contributed by atoms with E-state index in [1.165, 1.54) is 0 Å². The zero-order valence-corrected chi connectivity index (χ0v) is 10.4. The summed E-state index contributed by atoms with van der Waals surface area (Å²) in [5.41, 5.74) is 5.27. The first kappa shape index (κ1) is 14.7. The molecule has 0 aliphatic rings. The number of rotatable bonds is 3. The highest BCUT2D eigenvalue weighted by atomic mass is 16.3. The van der Waals surface area contributed by atoms with Crippen LogP contribution in [0.2, 0.25) is 0 Å². The molecule has 1 aromatic rings. The van der Waals surface area contributed by atoms with Crippen molar-refractivity contribution in [1.29, 1.82) is 0 Å². The summed E-state index contributed by atoms with van der Waals surface area (Å²) in [4.78, 5) is 34.1. The van der Waals surface area contributed by atoms with E-state index < -0.39 is 17.7 Å². The number of benzene rings is 1. The number of hydrogen-bond donors (Lipinski definition) is 4. The Morgan fingerprint density at radius 1 is 1.11 bits per heavy atom. The van der Waals surface area contributed by atoms with Crippen LogP contribution in [0.25, 0.3) is 0 Å². The van der Waals surface area contributed by atoms with Crippen LogP contribution in [0.15, 0.2) is 24.3 Å². The standard InChI is InChI=1S/C12H15N3O4/c1-8-4-2-3-5-9(8)10(17)14-15-12(19)11(18)13-6-7-16/h2-5,16H,6-7H2,1H3,(H,13,18)(H,14,17)(H,15,19). The predicted molar refractivity (Wildman–Crippen MR) is 66.9 cm³/mol. The number of hydrazine groups is 1. The molecule has 19 heavy (non-hydrogen) atoms. The molecule has 1 rings (SSSR count). The molecule has 102 valence electrons. The third-order valence-corrected chi connectivity index (χ3v) is 2.28. The van der Waals surface area contributed by atoms with Crippen molar-refractivity contribution in [2.24, 2.45) is 0 Å². The van der Waals surface area contributed by atoms with Crippen LogP contribution < -0.4 is 16.2 Å². The molecule has 4 N–H and O–H groups in total. The molecule has 0 spiro atoms. The maximum atomic E-state index is 11.7. The summed E-state index contributed by atoms with van der Waals surface area (Å²) >= 11 is 0. The molecule has 0 aromatic heterocycles. The van der Waals surface area contributed by atoms with Gasteiger partial charge >= 0.3 is 11.8 Å². The van der Waals surface area contributed by atoms with Gasteiger partial charge in [-0.25, -0.2) is 0 Å². The van der Waals surface area contributed by atoms with E-state index in [0.29, 0.717) is 5.56 Å². The molecular formula is C12H15N3O4. The van der Waals surface area contributed by atoms with E-state index in [4.69, 9.17) is 5.11 Å². The lowest BCUT2D eigenvalue weighted by Gasteiger charge is -2.08. The molecule has 0 fully saturated rings. The van der Waals surface area contributed by atoms with Gasteiger partial charge in [0, 0.05) is 12.1 Å². The Balaban J connectivity index is 2.49. The number of nitrogens with one attached hydrogen (secondary N) is 3. The Hall–Kier alpha value is -2.41. The summed E-state index contributed by atoms with van der Waals surface area (Å²) in [6.07, 6.45) is 0. The van der Waals surface area contributed by atoms with Crippen molar-refractivity contribution in [1.82, 2.24) is 16.2 Å². The highest BCUT2D eigenvalue weighted by Crippen LogP contribution is 2.05. The third-order valence-electron chi connectivity index (χ3n) is 2.28. The van der Waals surface area contributed by atoms with Gasteiger partial charge in [-0.2, -0.15) is 0 Å². The van der Waals surface area contributed by atoms with Gasteiger partial charge in [-0.3, -0.25) is 25.2 Å². The van der Waals surface area contributed by atoms with Gasteiger partial charge < -0.3 is 10.4 Å². The molecule has 3 amide bonds. The lowest BCUT2D eigenvalue weighted by Crippen LogP contribution is -2.49. The van der Waals surface area contributed by atoms with Gasteiger partial charge in [0.1, 0.15) is 0 Å². The van der Waals surface area contributed by atoms with Crippen LogP contribution in [0.1, 0.15) is 15.9 Å². The average Bonchev–Trinajstić information content (AvgIpc) is 2.42. The Kier molecular flexibility index (Phi) is 5.49. The molecule has 0 aliphatic heterocycles. The SMILES string of the molecule is Cc1ccccc1C(=O)NNC(=O)C(=O)NCCO. The summed E-state index contributed by atoms with van der Waals surface area (Å²) in [5, 5.41) is 10.6. The van der Waals surface area contributed by atoms with Crippen molar-refractivity contribution in [3.05, 3.63) is 35.4 Å². The molecule has 1 aromatic carbocycles. The maximum Gasteiger partial charge on any atom is 0.327 e. The summed E-state index contributed by atoms with van der Waals surface area (Å²) in [7, 11) is 0. The third kappa shape index (κ3) is 4.40. The molecule has 0 saturated carbocycles. The van der Waals surface area contributed by atoms with Gasteiger partial charge in [0.25, 0.3) is 5.91 Å². The Labute approximate surface area is 110 Å². The fourth-order valence-electron chi connectivity index (χ4n) is 1.32. The summed E-state index contributed by atoms with van der Waals surface area (Å²) in [6, 6.07) is 6.83. The molecule has 0 saturated heterocycles. The summed E-state index contributed by atoms with van der Waals surface area (Å²) in [6.45, 7) is 1.46. The molecule has 0 radical (unpaired) electrons. The Bertz CT molecular complexity index is 488. The van der Waals surface area contributed by atoms with Crippen molar-refractivity contribution < 1.29 is 19.5 Å². The Morgan fingerprint density at radius 2 is 1.79 bits per heavy atom. The van der Waals surface area contributed by atoms with E-state index in [-0.39, 0.29) is 13.2 Å². The van der Waals surface area contributed by atoms with E-state index in [2.05, 4.69) is 10.7 Å². The van der Waals surface area contributed by atoms with Crippen LogP contribution in [-0.2, 0) is 9.59 Å². The highest BCUT2D eigenvalue weighted by molar-refractivity contribution is 6.35. The van der Waals surface area contributed by atoms with Gasteiger partial charge in [0.2, 0.25) is 0 Å².